The molecule has 106 valence electrons. The zero-order valence-corrected chi connectivity index (χ0v) is 13.9. The van der Waals surface area contributed by atoms with Gasteiger partial charge >= 0.3 is 0 Å². The predicted molar refractivity (Wildman–Crippen MR) is 90.5 cm³/mol. The first-order chi connectivity index (χ1) is 10.2. The van der Waals surface area contributed by atoms with Gasteiger partial charge in [-0.25, -0.2) is 4.98 Å². The van der Waals surface area contributed by atoms with Crippen molar-refractivity contribution in [2.45, 2.75) is 5.88 Å². The zero-order chi connectivity index (χ0) is 14.8. The summed E-state index contributed by atoms with van der Waals surface area (Å²) in [6.07, 6.45) is 1.55. The fraction of sp³-hybridized carbons (Fsp3) is 0.0625. The number of pyridine rings is 1. The smallest absolute Gasteiger partial charge is 0.219 e. The molecule has 0 aliphatic carbocycles. The first-order valence-corrected chi connectivity index (χ1v) is 7.95. The third kappa shape index (κ3) is 3.00. The van der Waals surface area contributed by atoms with Gasteiger partial charge in [0.1, 0.15) is 5.75 Å². The second kappa shape index (κ2) is 6.22. The summed E-state index contributed by atoms with van der Waals surface area (Å²) in [4.78, 5) is 4.17. The molecule has 3 aromatic rings. The number of benzene rings is 2. The van der Waals surface area contributed by atoms with Crippen molar-refractivity contribution in [3.8, 4) is 11.6 Å². The number of alkyl halides is 1. The van der Waals surface area contributed by atoms with Crippen LogP contribution >= 0.6 is 39.1 Å². The van der Waals surface area contributed by atoms with E-state index in [1.54, 1.807) is 12.3 Å². The summed E-state index contributed by atoms with van der Waals surface area (Å²) in [5, 5.41) is 2.76. The van der Waals surface area contributed by atoms with Crippen LogP contribution < -0.4 is 4.74 Å². The van der Waals surface area contributed by atoms with Crippen molar-refractivity contribution in [3.63, 3.8) is 0 Å². The van der Waals surface area contributed by atoms with Gasteiger partial charge in [0.2, 0.25) is 5.88 Å². The van der Waals surface area contributed by atoms with Crippen molar-refractivity contribution in [1.82, 2.24) is 4.98 Å². The maximum Gasteiger partial charge on any atom is 0.219 e. The Morgan fingerprint density at radius 3 is 2.76 bits per heavy atom. The summed E-state index contributed by atoms with van der Waals surface area (Å²) in [6.45, 7) is 0. The lowest BCUT2D eigenvalue weighted by atomic mass is 10.1. The molecule has 1 aromatic heterocycles. The number of hydrogen-bond donors (Lipinski definition) is 0. The normalized spacial score (nSPS) is 10.8. The molecule has 3 rings (SSSR count). The number of nitrogens with zero attached hydrogens (tertiary/aromatic N) is 1. The van der Waals surface area contributed by atoms with Crippen LogP contribution in [0.15, 0.2) is 53.1 Å². The average molecular weight is 383 g/mol. The van der Waals surface area contributed by atoms with E-state index in [2.05, 4.69) is 27.0 Å². The molecule has 1 heterocycles. The Hall–Kier alpha value is -1.29. The van der Waals surface area contributed by atoms with E-state index in [1.807, 2.05) is 30.3 Å². The molecule has 2 nitrogen and oxygen atoms in total. The Morgan fingerprint density at radius 2 is 1.95 bits per heavy atom. The van der Waals surface area contributed by atoms with Crippen LogP contribution in [0.2, 0.25) is 5.02 Å². The largest absolute Gasteiger partial charge is 0.438 e. The monoisotopic (exact) mass is 381 g/mol. The Bertz CT molecular complexity index is 807. The van der Waals surface area contributed by atoms with Crippen LogP contribution in [0.3, 0.4) is 0 Å². The highest BCUT2D eigenvalue weighted by Gasteiger charge is 2.09. The highest BCUT2D eigenvalue weighted by atomic mass is 79.9. The lowest BCUT2D eigenvalue weighted by Gasteiger charge is -2.10. The molecule has 0 N–H and O–H groups in total. The lowest BCUT2D eigenvalue weighted by Crippen LogP contribution is -1.92. The fourth-order valence-corrected chi connectivity index (χ4v) is 3.06. The molecule has 0 atom stereocenters. The molecule has 0 saturated carbocycles. The Kier molecular flexibility index (Phi) is 4.34. The maximum atomic E-state index is 6.00. The van der Waals surface area contributed by atoms with E-state index in [1.165, 1.54) is 0 Å². The molecule has 0 saturated heterocycles. The van der Waals surface area contributed by atoms with Gasteiger partial charge in [-0.15, -0.1) is 11.6 Å². The molecule has 2 aromatic carbocycles. The average Bonchev–Trinajstić information content (AvgIpc) is 2.52. The van der Waals surface area contributed by atoms with E-state index >= 15 is 0 Å². The molecular weight excluding hydrogens is 373 g/mol. The van der Waals surface area contributed by atoms with Gasteiger partial charge in [0.25, 0.3) is 0 Å². The molecule has 21 heavy (non-hydrogen) atoms. The molecule has 0 spiro atoms. The fourth-order valence-electron chi connectivity index (χ4n) is 2.02. The molecule has 0 radical (unpaired) electrons. The van der Waals surface area contributed by atoms with Gasteiger partial charge < -0.3 is 4.74 Å². The summed E-state index contributed by atoms with van der Waals surface area (Å²) < 4.78 is 6.73. The topological polar surface area (TPSA) is 22.1 Å². The maximum absolute atomic E-state index is 6.00. The van der Waals surface area contributed by atoms with Gasteiger partial charge in [-0.1, -0.05) is 41.9 Å². The summed E-state index contributed by atoms with van der Waals surface area (Å²) >= 11 is 15.4. The summed E-state index contributed by atoms with van der Waals surface area (Å²) in [5.41, 5.74) is 0.792. The third-order valence-electron chi connectivity index (χ3n) is 3.10. The summed E-state index contributed by atoms with van der Waals surface area (Å²) in [7, 11) is 0. The van der Waals surface area contributed by atoms with Crippen LogP contribution in [0.25, 0.3) is 10.8 Å². The van der Waals surface area contributed by atoms with E-state index in [4.69, 9.17) is 27.9 Å². The second-order valence-corrected chi connectivity index (χ2v) is 5.92. The van der Waals surface area contributed by atoms with E-state index in [-0.39, 0.29) is 0 Å². The van der Waals surface area contributed by atoms with Crippen molar-refractivity contribution >= 4 is 49.9 Å². The predicted octanol–water partition coefficient (Wildman–Crippen LogP) is 6.18. The van der Waals surface area contributed by atoms with E-state index < -0.39 is 0 Å². The van der Waals surface area contributed by atoms with Gasteiger partial charge in [-0.05, 0) is 38.3 Å². The Morgan fingerprint density at radius 1 is 1.14 bits per heavy atom. The summed E-state index contributed by atoms with van der Waals surface area (Å²) in [6, 6.07) is 13.7. The lowest BCUT2D eigenvalue weighted by molar-refractivity contribution is 0.460. The van der Waals surface area contributed by atoms with E-state index in [0.29, 0.717) is 22.5 Å². The molecule has 5 heteroatoms. The van der Waals surface area contributed by atoms with Crippen molar-refractivity contribution in [2.75, 3.05) is 0 Å². The molecule has 0 aliphatic rings. The number of fused-ring (bicyclic) bond motifs is 1. The minimum Gasteiger partial charge on any atom is -0.438 e. The van der Waals surface area contributed by atoms with Gasteiger partial charge in [-0.2, -0.15) is 0 Å². The quantitative estimate of drug-likeness (QED) is 0.504. The molecule has 0 bridgehead atoms. The van der Waals surface area contributed by atoms with Crippen molar-refractivity contribution in [2.24, 2.45) is 0 Å². The van der Waals surface area contributed by atoms with Gasteiger partial charge in [0, 0.05) is 18.1 Å². The van der Waals surface area contributed by atoms with Crippen LogP contribution in [0, 0.1) is 0 Å². The minimum absolute atomic E-state index is 0.316. The molecular formula is C16H10BrCl2NO. The third-order valence-corrected chi connectivity index (χ3v) is 4.54. The van der Waals surface area contributed by atoms with Crippen molar-refractivity contribution < 1.29 is 4.74 Å². The first kappa shape index (κ1) is 14.6. The highest BCUT2D eigenvalue weighted by molar-refractivity contribution is 9.10. The van der Waals surface area contributed by atoms with Gasteiger partial charge in [0.15, 0.2) is 0 Å². The standard InChI is InChI=1S/C16H10BrCl2NO/c17-16-12-4-2-1-3-10(12)5-6-14(16)21-15-7-11(8-18)13(19)9-20-15/h1-7,9H,8H2. The van der Waals surface area contributed by atoms with Crippen molar-refractivity contribution in [1.29, 1.82) is 0 Å². The zero-order valence-electron chi connectivity index (χ0n) is 10.8. The van der Waals surface area contributed by atoms with Gasteiger partial charge in [0.05, 0.1) is 9.50 Å². The van der Waals surface area contributed by atoms with Crippen LogP contribution in [0.5, 0.6) is 11.6 Å². The number of halogens is 3. The Balaban J connectivity index is 2.00. The minimum atomic E-state index is 0.316. The van der Waals surface area contributed by atoms with E-state index in [9.17, 15) is 0 Å². The van der Waals surface area contributed by atoms with Crippen LogP contribution in [-0.2, 0) is 5.88 Å². The highest BCUT2D eigenvalue weighted by Crippen LogP contribution is 2.35. The molecule has 0 unspecified atom stereocenters. The van der Waals surface area contributed by atoms with Crippen molar-refractivity contribution in [3.05, 3.63) is 63.7 Å². The van der Waals surface area contributed by atoms with Crippen LogP contribution in [0.1, 0.15) is 5.56 Å². The number of ether oxygens (including phenoxy) is 1. The summed E-state index contributed by atoms with van der Waals surface area (Å²) in [5.74, 6) is 1.48. The van der Waals surface area contributed by atoms with E-state index in [0.717, 1.165) is 20.8 Å². The number of aromatic nitrogens is 1. The Labute approximate surface area is 140 Å². The van der Waals surface area contributed by atoms with Crippen LogP contribution in [-0.4, -0.2) is 4.98 Å². The first-order valence-electron chi connectivity index (χ1n) is 6.24. The molecule has 0 aliphatic heterocycles. The SMILES string of the molecule is ClCc1cc(Oc2ccc3ccccc3c2Br)ncc1Cl. The van der Waals surface area contributed by atoms with Crippen LogP contribution in [0.4, 0.5) is 0 Å². The number of hydrogen-bond acceptors (Lipinski definition) is 2. The second-order valence-electron chi connectivity index (χ2n) is 4.45. The molecule has 0 fully saturated rings. The number of rotatable bonds is 3. The molecule has 0 amide bonds. The van der Waals surface area contributed by atoms with Gasteiger partial charge in [-0.3, -0.25) is 0 Å².